The fourth-order valence-corrected chi connectivity index (χ4v) is 2.83. The molecule has 2 amide bonds. The van der Waals surface area contributed by atoms with Crippen LogP contribution in [0.15, 0.2) is 24.3 Å². The molecule has 0 saturated carbocycles. The van der Waals surface area contributed by atoms with Crippen molar-refractivity contribution in [1.29, 1.82) is 0 Å². The molecule has 2 rings (SSSR count). The van der Waals surface area contributed by atoms with Crippen molar-refractivity contribution in [3.8, 4) is 0 Å². The van der Waals surface area contributed by atoms with Crippen molar-refractivity contribution in [3.63, 3.8) is 0 Å². The number of amides is 2. The highest BCUT2D eigenvalue weighted by Crippen LogP contribution is 2.32. The Balaban J connectivity index is 2.48. The monoisotopic (exact) mass is 289 g/mol. The molecule has 5 nitrogen and oxygen atoms in total. The summed E-state index contributed by atoms with van der Waals surface area (Å²) in [6.07, 6.45) is 1.18. The standard InChI is InChI=1S/C16H23N3O2/c1-5-16(6-2)15(21)19(11-14(20)17-16)13-10-8-7-9-12(13)18(3)4/h7-10H,5-6,11H2,1-4H3,(H,17,20). The molecule has 0 aromatic heterocycles. The normalized spacial score (nSPS) is 17.6. The van der Waals surface area contributed by atoms with Gasteiger partial charge in [-0.05, 0) is 25.0 Å². The van der Waals surface area contributed by atoms with Crippen molar-refractivity contribution in [2.45, 2.75) is 32.2 Å². The topological polar surface area (TPSA) is 52.7 Å². The maximum absolute atomic E-state index is 12.9. The van der Waals surface area contributed by atoms with Crippen molar-refractivity contribution in [1.82, 2.24) is 5.32 Å². The third kappa shape index (κ3) is 2.60. The number of anilines is 2. The van der Waals surface area contributed by atoms with Crippen LogP contribution < -0.4 is 15.1 Å². The Morgan fingerprint density at radius 3 is 2.38 bits per heavy atom. The second-order valence-electron chi connectivity index (χ2n) is 5.61. The van der Waals surface area contributed by atoms with E-state index in [1.165, 1.54) is 0 Å². The average molecular weight is 289 g/mol. The number of benzene rings is 1. The second-order valence-corrected chi connectivity index (χ2v) is 5.61. The minimum atomic E-state index is -0.783. The summed E-state index contributed by atoms with van der Waals surface area (Å²) < 4.78 is 0. The van der Waals surface area contributed by atoms with Crippen molar-refractivity contribution in [2.75, 3.05) is 30.4 Å². The number of hydrogen-bond acceptors (Lipinski definition) is 3. The fourth-order valence-electron chi connectivity index (χ4n) is 2.83. The van der Waals surface area contributed by atoms with Crippen LogP contribution in [0, 0.1) is 0 Å². The van der Waals surface area contributed by atoms with E-state index in [9.17, 15) is 9.59 Å². The highest BCUT2D eigenvalue weighted by Gasteiger charge is 2.44. The number of piperazine rings is 1. The van der Waals surface area contributed by atoms with Gasteiger partial charge in [-0.1, -0.05) is 26.0 Å². The fraction of sp³-hybridized carbons (Fsp3) is 0.500. The first-order chi connectivity index (χ1) is 9.95. The molecule has 0 bridgehead atoms. The summed E-state index contributed by atoms with van der Waals surface area (Å²) in [5.41, 5.74) is 0.935. The minimum absolute atomic E-state index is 0.0265. The van der Waals surface area contributed by atoms with Crippen LogP contribution in [-0.4, -0.2) is 38.0 Å². The zero-order valence-corrected chi connectivity index (χ0v) is 13.1. The molecule has 1 heterocycles. The van der Waals surface area contributed by atoms with Crippen LogP contribution in [0.5, 0.6) is 0 Å². The van der Waals surface area contributed by atoms with E-state index in [-0.39, 0.29) is 18.4 Å². The van der Waals surface area contributed by atoms with Gasteiger partial charge in [0.15, 0.2) is 0 Å². The highest BCUT2D eigenvalue weighted by atomic mass is 16.2. The van der Waals surface area contributed by atoms with E-state index >= 15 is 0 Å². The van der Waals surface area contributed by atoms with Crippen molar-refractivity contribution in [3.05, 3.63) is 24.3 Å². The van der Waals surface area contributed by atoms with Crippen LogP contribution >= 0.6 is 0 Å². The van der Waals surface area contributed by atoms with Gasteiger partial charge in [0.1, 0.15) is 12.1 Å². The maximum Gasteiger partial charge on any atom is 0.253 e. The Kier molecular flexibility index (Phi) is 4.21. The Morgan fingerprint density at radius 2 is 1.81 bits per heavy atom. The largest absolute Gasteiger partial charge is 0.376 e. The Hall–Kier alpha value is -2.04. The molecule has 0 atom stereocenters. The molecule has 0 spiro atoms. The Labute approximate surface area is 125 Å². The summed E-state index contributed by atoms with van der Waals surface area (Å²) >= 11 is 0. The smallest absolute Gasteiger partial charge is 0.253 e. The molecule has 1 aromatic carbocycles. The van der Waals surface area contributed by atoms with Crippen LogP contribution in [0.25, 0.3) is 0 Å². The van der Waals surface area contributed by atoms with E-state index in [0.717, 1.165) is 11.4 Å². The van der Waals surface area contributed by atoms with Gasteiger partial charge in [-0.15, -0.1) is 0 Å². The molecule has 0 aliphatic carbocycles. The summed E-state index contributed by atoms with van der Waals surface area (Å²) in [5.74, 6) is -0.131. The lowest BCUT2D eigenvalue weighted by Gasteiger charge is -2.42. The van der Waals surface area contributed by atoms with Gasteiger partial charge in [-0.2, -0.15) is 0 Å². The molecule has 1 aliphatic rings. The summed E-state index contributed by atoms with van der Waals surface area (Å²) in [6.45, 7) is 3.94. The van der Waals surface area contributed by atoms with Gasteiger partial charge in [0.05, 0.1) is 11.4 Å². The van der Waals surface area contributed by atoms with E-state index in [0.29, 0.717) is 12.8 Å². The lowest BCUT2D eigenvalue weighted by molar-refractivity contribution is -0.136. The number of nitrogens with one attached hydrogen (secondary N) is 1. The molecule has 114 valence electrons. The van der Waals surface area contributed by atoms with Crippen LogP contribution in [0.1, 0.15) is 26.7 Å². The molecular formula is C16H23N3O2. The molecule has 1 fully saturated rings. The number of hydrogen-bond donors (Lipinski definition) is 1. The summed E-state index contributed by atoms with van der Waals surface area (Å²) in [7, 11) is 3.86. The van der Waals surface area contributed by atoms with E-state index in [1.54, 1.807) is 4.90 Å². The van der Waals surface area contributed by atoms with Gasteiger partial charge in [0.25, 0.3) is 5.91 Å². The number of carbonyl (C=O) groups is 2. The van der Waals surface area contributed by atoms with Gasteiger partial charge in [-0.25, -0.2) is 0 Å². The molecule has 5 heteroatoms. The lowest BCUT2D eigenvalue weighted by atomic mass is 9.88. The first-order valence-corrected chi connectivity index (χ1v) is 7.34. The quantitative estimate of drug-likeness (QED) is 0.919. The predicted molar refractivity (Wildman–Crippen MR) is 84.6 cm³/mol. The average Bonchev–Trinajstić information content (AvgIpc) is 2.49. The zero-order chi connectivity index (χ0) is 15.6. The first-order valence-electron chi connectivity index (χ1n) is 7.34. The van der Waals surface area contributed by atoms with E-state index < -0.39 is 5.54 Å². The molecule has 1 N–H and O–H groups in total. The summed E-state index contributed by atoms with van der Waals surface area (Å²) in [5, 5.41) is 2.88. The van der Waals surface area contributed by atoms with E-state index in [1.807, 2.05) is 57.1 Å². The highest BCUT2D eigenvalue weighted by molar-refractivity contribution is 6.10. The Morgan fingerprint density at radius 1 is 1.19 bits per heavy atom. The van der Waals surface area contributed by atoms with Crippen LogP contribution in [0.2, 0.25) is 0 Å². The molecule has 1 saturated heterocycles. The number of carbonyl (C=O) groups excluding carboxylic acids is 2. The number of para-hydroxylation sites is 2. The van der Waals surface area contributed by atoms with Crippen LogP contribution in [-0.2, 0) is 9.59 Å². The van der Waals surface area contributed by atoms with Gasteiger partial charge in [-0.3, -0.25) is 14.5 Å². The summed E-state index contributed by atoms with van der Waals surface area (Å²) in [6, 6.07) is 7.67. The van der Waals surface area contributed by atoms with Crippen LogP contribution in [0.4, 0.5) is 11.4 Å². The molecular weight excluding hydrogens is 266 g/mol. The number of nitrogens with zero attached hydrogens (tertiary/aromatic N) is 2. The second kappa shape index (κ2) is 5.76. The first kappa shape index (κ1) is 15.4. The van der Waals surface area contributed by atoms with Crippen molar-refractivity contribution < 1.29 is 9.59 Å². The Bertz CT molecular complexity index is 550. The molecule has 1 aromatic rings. The molecule has 21 heavy (non-hydrogen) atoms. The third-order valence-corrected chi connectivity index (χ3v) is 4.20. The van der Waals surface area contributed by atoms with Gasteiger partial charge in [0, 0.05) is 14.1 Å². The van der Waals surface area contributed by atoms with Gasteiger partial charge >= 0.3 is 0 Å². The van der Waals surface area contributed by atoms with Crippen LogP contribution in [0.3, 0.4) is 0 Å². The predicted octanol–water partition coefficient (Wildman–Crippen LogP) is 1.77. The minimum Gasteiger partial charge on any atom is -0.376 e. The molecule has 1 aliphatic heterocycles. The third-order valence-electron chi connectivity index (χ3n) is 4.20. The SMILES string of the molecule is CCC1(CC)NC(=O)CN(c2ccccc2N(C)C)C1=O. The summed E-state index contributed by atoms with van der Waals surface area (Å²) in [4.78, 5) is 28.6. The van der Waals surface area contributed by atoms with E-state index in [2.05, 4.69) is 5.32 Å². The molecule has 0 radical (unpaired) electrons. The zero-order valence-electron chi connectivity index (χ0n) is 13.1. The maximum atomic E-state index is 12.9. The number of rotatable bonds is 4. The van der Waals surface area contributed by atoms with Crippen molar-refractivity contribution in [2.24, 2.45) is 0 Å². The van der Waals surface area contributed by atoms with E-state index in [4.69, 9.17) is 0 Å². The molecule has 0 unspecified atom stereocenters. The lowest BCUT2D eigenvalue weighted by Crippen LogP contribution is -2.66. The van der Waals surface area contributed by atoms with Gasteiger partial charge in [0.2, 0.25) is 5.91 Å². The van der Waals surface area contributed by atoms with Crippen molar-refractivity contribution >= 4 is 23.2 Å². The van der Waals surface area contributed by atoms with Gasteiger partial charge < -0.3 is 10.2 Å².